The van der Waals surface area contributed by atoms with Crippen LogP contribution >= 0.6 is 28.3 Å². The molecular weight excluding hydrogens is 387 g/mol. The molecule has 2 aliphatic heterocycles. The average Bonchev–Trinajstić information content (AvgIpc) is 2.74. The van der Waals surface area contributed by atoms with Gasteiger partial charge in [-0.25, -0.2) is 4.39 Å². The summed E-state index contributed by atoms with van der Waals surface area (Å²) in [6.07, 6.45) is 2.54. The number of benzene rings is 1. The lowest BCUT2D eigenvalue weighted by atomic mass is 10.1. The molecule has 3 atom stereocenters. The van der Waals surface area contributed by atoms with Gasteiger partial charge in [-0.1, -0.05) is 0 Å². The van der Waals surface area contributed by atoms with Crippen LogP contribution in [-0.4, -0.2) is 42.1 Å². The summed E-state index contributed by atoms with van der Waals surface area (Å²) in [6.45, 7) is 3.58. The van der Waals surface area contributed by atoms with Crippen LogP contribution in [0.2, 0.25) is 0 Å². The molecule has 23 heavy (non-hydrogen) atoms. The summed E-state index contributed by atoms with van der Waals surface area (Å²) in [5.74, 6) is 0.171. The first-order valence-corrected chi connectivity index (χ1v) is 8.50. The highest BCUT2D eigenvalue weighted by Crippen LogP contribution is 2.30. The van der Waals surface area contributed by atoms with Crippen LogP contribution < -0.4 is 10.1 Å². The van der Waals surface area contributed by atoms with Crippen LogP contribution in [-0.2, 0) is 4.79 Å². The Balaban J connectivity index is 0.00000192. The van der Waals surface area contributed by atoms with Gasteiger partial charge in [-0.3, -0.25) is 4.79 Å². The van der Waals surface area contributed by atoms with E-state index in [9.17, 15) is 9.18 Å². The first-order valence-electron chi connectivity index (χ1n) is 7.71. The second kappa shape index (κ2) is 7.81. The predicted octanol–water partition coefficient (Wildman–Crippen LogP) is 3.13. The van der Waals surface area contributed by atoms with Crippen molar-refractivity contribution in [2.75, 3.05) is 13.1 Å². The van der Waals surface area contributed by atoms with E-state index < -0.39 is 6.10 Å². The molecule has 2 aliphatic rings. The molecule has 1 N–H and O–H groups in total. The van der Waals surface area contributed by atoms with E-state index in [4.69, 9.17) is 4.74 Å². The number of hydrogen-bond donors (Lipinski definition) is 1. The third-order valence-corrected chi connectivity index (χ3v) is 5.07. The van der Waals surface area contributed by atoms with E-state index >= 15 is 0 Å². The van der Waals surface area contributed by atoms with Crippen LogP contribution in [0.1, 0.15) is 26.2 Å². The zero-order chi connectivity index (χ0) is 15.7. The molecule has 0 saturated carbocycles. The van der Waals surface area contributed by atoms with Crippen LogP contribution in [0.15, 0.2) is 22.7 Å². The summed E-state index contributed by atoms with van der Waals surface area (Å²) in [7, 11) is 0. The lowest BCUT2D eigenvalue weighted by Gasteiger charge is -2.30. The van der Waals surface area contributed by atoms with Crippen molar-refractivity contribution < 1.29 is 13.9 Å². The Morgan fingerprint density at radius 1 is 1.39 bits per heavy atom. The maximum atomic E-state index is 13.1. The van der Waals surface area contributed by atoms with E-state index in [-0.39, 0.29) is 30.2 Å². The standard InChI is InChI=1S/C16H20BrFN2O2.ClH/c1-10(22-15-5-2-11(18)8-14(15)17)16(21)20-12-3-4-13(20)9-19-7-6-12;/h2,5,8,10,12-13,19H,3-4,6-7,9H2,1H3;1H. The van der Waals surface area contributed by atoms with E-state index in [1.807, 2.05) is 4.90 Å². The summed E-state index contributed by atoms with van der Waals surface area (Å²) in [6, 6.07) is 4.79. The van der Waals surface area contributed by atoms with Crippen molar-refractivity contribution in [1.82, 2.24) is 10.2 Å². The number of carbonyl (C=O) groups is 1. The molecule has 128 valence electrons. The third-order valence-electron chi connectivity index (χ3n) is 4.45. The Labute approximate surface area is 150 Å². The van der Waals surface area contributed by atoms with Gasteiger partial charge >= 0.3 is 0 Å². The van der Waals surface area contributed by atoms with Gasteiger partial charge in [-0.15, -0.1) is 12.4 Å². The highest BCUT2D eigenvalue weighted by atomic mass is 79.9. The van der Waals surface area contributed by atoms with Crippen molar-refractivity contribution in [3.8, 4) is 5.75 Å². The summed E-state index contributed by atoms with van der Waals surface area (Å²) < 4.78 is 19.4. The maximum absolute atomic E-state index is 13.1. The first kappa shape index (κ1) is 18.5. The fourth-order valence-corrected chi connectivity index (χ4v) is 3.81. The molecule has 4 nitrogen and oxygen atoms in total. The van der Waals surface area contributed by atoms with Gasteiger partial charge in [0.2, 0.25) is 0 Å². The van der Waals surface area contributed by atoms with E-state index in [0.717, 1.165) is 32.4 Å². The largest absolute Gasteiger partial charge is 0.480 e. The van der Waals surface area contributed by atoms with Crippen LogP contribution in [0.5, 0.6) is 5.75 Å². The maximum Gasteiger partial charge on any atom is 0.263 e. The lowest BCUT2D eigenvalue weighted by molar-refractivity contribution is -0.140. The summed E-state index contributed by atoms with van der Waals surface area (Å²) >= 11 is 3.27. The number of rotatable bonds is 3. The fraction of sp³-hybridized carbons (Fsp3) is 0.562. The third kappa shape index (κ3) is 3.98. The smallest absolute Gasteiger partial charge is 0.263 e. The number of amides is 1. The molecule has 2 saturated heterocycles. The molecule has 0 aliphatic carbocycles. The van der Waals surface area contributed by atoms with Gasteiger partial charge in [-0.05, 0) is 66.9 Å². The molecule has 2 fully saturated rings. The summed E-state index contributed by atoms with van der Waals surface area (Å²) in [4.78, 5) is 14.8. The molecule has 1 amide bonds. The minimum atomic E-state index is -0.581. The van der Waals surface area contributed by atoms with Gasteiger partial charge in [-0.2, -0.15) is 0 Å². The molecule has 3 unspecified atom stereocenters. The number of nitrogens with zero attached hydrogens (tertiary/aromatic N) is 1. The van der Waals surface area contributed by atoms with E-state index in [1.54, 1.807) is 13.0 Å². The van der Waals surface area contributed by atoms with Gasteiger partial charge in [0.1, 0.15) is 11.6 Å². The van der Waals surface area contributed by atoms with Crippen molar-refractivity contribution in [1.29, 1.82) is 0 Å². The Morgan fingerprint density at radius 2 is 2.13 bits per heavy atom. The summed E-state index contributed by atoms with van der Waals surface area (Å²) in [5.41, 5.74) is 0. The van der Waals surface area contributed by atoms with Gasteiger partial charge in [0.15, 0.2) is 6.10 Å². The fourth-order valence-electron chi connectivity index (χ4n) is 3.36. The van der Waals surface area contributed by atoms with Gasteiger partial charge < -0.3 is 15.0 Å². The SMILES string of the molecule is CC(Oc1ccc(F)cc1Br)C(=O)N1C2CCNCC1CC2.Cl. The van der Waals surface area contributed by atoms with Crippen LogP contribution in [0.4, 0.5) is 4.39 Å². The predicted molar refractivity (Wildman–Crippen MR) is 92.6 cm³/mol. The van der Waals surface area contributed by atoms with Crippen LogP contribution in [0.25, 0.3) is 0 Å². The highest BCUT2D eigenvalue weighted by molar-refractivity contribution is 9.10. The number of fused-ring (bicyclic) bond motifs is 2. The van der Waals surface area contributed by atoms with Crippen molar-refractivity contribution in [3.63, 3.8) is 0 Å². The molecule has 3 rings (SSSR count). The molecule has 1 aromatic rings. The van der Waals surface area contributed by atoms with Crippen molar-refractivity contribution in [2.45, 2.75) is 44.4 Å². The molecule has 7 heteroatoms. The number of halogens is 3. The number of carbonyl (C=O) groups excluding carboxylic acids is 1. The van der Waals surface area contributed by atoms with Crippen LogP contribution in [0, 0.1) is 5.82 Å². The van der Waals surface area contributed by atoms with Crippen molar-refractivity contribution in [3.05, 3.63) is 28.5 Å². The van der Waals surface area contributed by atoms with E-state index in [2.05, 4.69) is 21.2 Å². The Bertz CT molecular complexity index is 561. The minimum Gasteiger partial charge on any atom is -0.480 e. The van der Waals surface area contributed by atoms with E-state index in [1.165, 1.54) is 12.1 Å². The number of hydrogen-bond acceptors (Lipinski definition) is 3. The monoisotopic (exact) mass is 406 g/mol. The zero-order valence-electron chi connectivity index (χ0n) is 12.9. The summed E-state index contributed by atoms with van der Waals surface area (Å²) in [5, 5.41) is 3.38. The normalized spacial score (nSPS) is 24.6. The van der Waals surface area contributed by atoms with Crippen molar-refractivity contribution in [2.24, 2.45) is 0 Å². The Morgan fingerprint density at radius 3 is 2.87 bits per heavy atom. The molecular formula is C16H21BrClFN2O2. The molecule has 2 heterocycles. The average molecular weight is 408 g/mol. The zero-order valence-corrected chi connectivity index (χ0v) is 15.3. The number of nitrogens with one attached hydrogen (secondary N) is 1. The molecule has 2 bridgehead atoms. The molecule has 1 aromatic carbocycles. The van der Waals surface area contributed by atoms with Crippen LogP contribution in [0.3, 0.4) is 0 Å². The topological polar surface area (TPSA) is 41.6 Å². The minimum absolute atomic E-state index is 0. The molecule has 0 aromatic heterocycles. The Kier molecular flexibility index (Phi) is 6.28. The Hall–Kier alpha value is -0.850. The van der Waals surface area contributed by atoms with E-state index in [0.29, 0.717) is 16.3 Å². The second-order valence-corrected chi connectivity index (χ2v) is 6.81. The van der Waals surface area contributed by atoms with Gasteiger partial charge in [0, 0.05) is 18.6 Å². The highest BCUT2D eigenvalue weighted by Gasteiger charge is 2.40. The lowest BCUT2D eigenvalue weighted by Crippen LogP contribution is -2.48. The quantitative estimate of drug-likeness (QED) is 0.837. The second-order valence-electron chi connectivity index (χ2n) is 5.96. The van der Waals surface area contributed by atoms with Gasteiger partial charge in [0.25, 0.3) is 5.91 Å². The molecule has 0 radical (unpaired) electrons. The number of ether oxygens (including phenoxy) is 1. The van der Waals surface area contributed by atoms with Crippen molar-refractivity contribution >= 4 is 34.2 Å². The van der Waals surface area contributed by atoms with Gasteiger partial charge in [0.05, 0.1) is 4.47 Å². The first-order chi connectivity index (χ1) is 10.6. The molecule has 0 spiro atoms.